The molecule has 0 aromatic heterocycles. The van der Waals surface area contributed by atoms with Gasteiger partial charge in [0, 0.05) is 17.2 Å². The van der Waals surface area contributed by atoms with Crippen molar-refractivity contribution in [3.05, 3.63) is 47.0 Å². The highest BCUT2D eigenvalue weighted by atomic mass is 16.5. The molecule has 0 spiro atoms. The van der Waals surface area contributed by atoms with Crippen molar-refractivity contribution in [2.24, 2.45) is 0 Å². The van der Waals surface area contributed by atoms with Crippen molar-refractivity contribution in [1.29, 1.82) is 0 Å². The molecule has 21 heavy (non-hydrogen) atoms. The summed E-state index contributed by atoms with van der Waals surface area (Å²) in [6.07, 6.45) is 0.328. The Kier molecular flexibility index (Phi) is 2.39. The van der Waals surface area contributed by atoms with Crippen LogP contribution in [-0.4, -0.2) is 23.1 Å². The third-order valence-corrected chi connectivity index (χ3v) is 4.05. The van der Waals surface area contributed by atoms with Gasteiger partial charge < -0.3 is 19.7 Å². The predicted molar refractivity (Wildman–Crippen MR) is 73.2 cm³/mol. The number of ether oxygens (including phenoxy) is 2. The Morgan fingerprint density at radius 3 is 2.76 bits per heavy atom. The van der Waals surface area contributed by atoms with E-state index in [2.05, 4.69) is 0 Å². The summed E-state index contributed by atoms with van der Waals surface area (Å²) >= 11 is 0. The van der Waals surface area contributed by atoms with Gasteiger partial charge in [0.05, 0.1) is 18.1 Å². The number of carbonyl (C=O) groups is 1. The standard InChI is InChI=1S/C16H12O5/c17-6-11-13(19)4-3-9-12-7-20-14-5-8(18)1-2-10(14)16(12)21-15(9)11/h1-6,12,16,18-19H,7H2/t12-,16-/m0/s1. The SMILES string of the molecule is O=Cc1c(O)ccc2c1O[C@H]1c3ccc(O)cc3OC[C@@H]21. The summed E-state index contributed by atoms with van der Waals surface area (Å²) in [4.78, 5) is 11.2. The third kappa shape index (κ3) is 1.60. The van der Waals surface area contributed by atoms with Gasteiger partial charge in [-0.2, -0.15) is 0 Å². The van der Waals surface area contributed by atoms with Gasteiger partial charge in [-0.15, -0.1) is 0 Å². The summed E-state index contributed by atoms with van der Waals surface area (Å²) in [5.74, 6) is 1.02. The van der Waals surface area contributed by atoms with Crippen LogP contribution in [0.2, 0.25) is 0 Å². The Morgan fingerprint density at radius 1 is 1.14 bits per heavy atom. The maximum absolute atomic E-state index is 11.2. The summed E-state index contributed by atoms with van der Waals surface area (Å²) in [6, 6.07) is 8.15. The second-order valence-corrected chi connectivity index (χ2v) is 5.21. The van der Waals surface area contributed by atoms with Crippen molar-refractivity contribution < 1.29 is 24.5 Å². The molecule has 0 fully saturated rings. The molecule has 0 saturated carbocycles. The number of hydrogen-bond donors (Lipinski definition) is 2. The maximum Gasteiger partial charge on any atom is 0.157 e. The Balaban J connectivity index is 1.85. The lowest BCUT2D eigenvalue weighted by Crippen LogP contribution is -2.22. The van der Waals surface area contributed by atoms with Crippen LogP contribution in [-0.2, 0) is 0 Å². The molecule has 0 saturated heterocycles. The van der Waals surface area contributed by atoms with E-state index in [1.165, 1.54) is 6.07 Å². The van der Waals surface area contributed by atoms with Crippen LogP contribution in [0.15, 0.2) is 30.3 Å². The molecule has 0 bridgehead atoms. The van der Waals surface area contributed by atoms with Crippen molar-refractivity contribution in [2.75, 3.05) is 6.61 Å². The van der Waals surface area contributed by atoms with E-state index in [1.54, 1.807) is 24.3 Å². The monoisotopic (exact) mass is 284 g/mol. The summed E-state index contributed by atoms with van der Waals surface area (Å²) in [5.41, 5.74) is 1.86. The molecule has 2 heterocycles. The predicted octanol–water partition coefficient (Wildman–Crippen LogP) is 2.52. The molecular formula is C16H12O5. The first-order valence-electron chi connectivity index (χ1n) is 6.62. The normalized spacial score (nSPS) is 21.5. The van der Waals surface area contributed by atoms with Gasteiger partial charge in [0.25, 0.3) is 0 Å². The van der Waals surface area contributed by atoms with Crippen LogP contribution in [0.3, 0.4) is 0 Å². The average Bonchev–Trinajstić information content (AvgIpc) is 2.85. The molecule has 2 N–H and O–H groups in total. The number of phenolic OH excluding ortho intramolecular Hbond substituents is 2. The molecule has 0 unspecified atom stereocenters. The fourth-order valence-electron chi connectivity index (χ4n) is 3.04. The molecule has 0 radical (unpaired) electrons. The maximum atomic E-state index is 11.2. The zero-order valence-corrected chi connectivity index (χ0v) is 10.9. The van der Waals surface area contributed by atoms with E-state index in [-0.39, 0.29) is 29.1 Å². The van der Waals surface area contributed by atoms with Crippen LogP contribution in [0, 0.1) is 0 Å². The number of fused-ring (bicyclic) bond motifs is 5. The van der Waals surface area contributed by atoms with Crippen LogP contribution in [0.5, 0.6) is 23.0 Å². The lowest BCUT2D eigenvalue weighted by Gasteiger charge is -2.27. The number of phenols is 2. The topological polar surface area (TPSA) is 76.0 Å². The smallest absolute Gasteiger partial charge is 0.157 e. The van der Waals surface area contributed by atoms with Crippen molar-refractivity contribution in [1.82, 2.24) is 0 Å². The Bertz CT molecular complexity index is 753. The molecule has 2 aromatic rings. The first-order chi connectivity index (χ1) is 10.2. The Morgan fingerprint density at radius 2 is 1.95 bits per heavy atom. The fraction of sp³-hybridized carbons (Fsp3) is 0.188. The Hall–Kier alpha value is -2.69. The number of carbonyl (C=O) groups excluding carboxylic acids is 1. The van der Waals surface area contributed by atoms with E-state index in [4.69, 9.17) is 9.47 Å². The largest absolute Gasteiger partial charge is 0.508 e. The lowest BCUT2D eigenvalue weighted by molar-refractivity contribution is 0.111. The van der Waals surface area contributed by atoms with Crippen molar-refractivity contribution in [3.8, 4) is 23.0 Å². The molecule has 0 aliphatic carbocycles. The lowest BCUT2D eigenvalue weighted by atomic mass is 9.89. The summed E-state index contributed by atoms with van der Waals surface area (Å²) in [7, 11) is 0. The second-order valence-electron chi connectivity index (χ2n) is 5.21. The highest BCUT2D eigenvalue weighted by Gasteiger charge is 2.42. The minimum Gasteiger partial charge on any atom is -0.508 e. The number of aldehydes is 1. The highest BCUT2D eigenvalue weighted by Crippen LogP contribution is 2.53. The average molecular weight is 284 g/mol. The summed E-state index contributed by atoms with van der Waals surface area (Å²) in [6.45, 7) is 0.400. The molecule has 2 atom stereocenters. The first kappa shape index (κ1) is 12.1. The Labute approximate surface area is 120 Å². The van der Waals surface area contributed by atoms with Crippen LogP contribution in [0.4, 0.5) is 0 Å². The van der Waals surface area contributed by atoms with Gasteiger partial charge in [-0.25, -0.2) is 0 Å². The van der Waals surface area contributed by atoms with E-state index in [9.17, 15) is 15.0 Å². The zero-order valence-electron chi connectivity index (χ0n) is 10.9. The van der Waals surface area contributed by atoms with Gasteiger partial charge in [-0.05, 0) is 18.2 Å². The van der Waals surface area contributed by atoms with Gasteiger partial charge in [0.2, 0.25) is 0 Å². The summed E-state index contributed by atoms with van der Waals surface area (Å²) < 4.78 is 11.6. The molecule has 106 valence electrons. The highest BCUT2D eigenvalue weighted by molar-refractivity contribution is 5.85. The van der Waals surface area contributed by atoms with Gasteiger partial charge in [0.1, 0.15) is 29.1 Å². The fourth-order valence-corrected chi connectivity index (χ4v) is 3.04. The zero-order chi connectivity index (χ0) is 14.6. The van der Waals surface area contributed by atoms with Gasteiger partial charge >= 0.3 is 0 Å². The molecule has 4 rings (SSSR count). The van der Waals surface area contributed by atoms with Crippen LogP contribution in [0.1, 0.15) is 33.5 Å². The first-order valence-corrected chi connectivity index (χ1v) is 6.62. The van der Waals surface area contributed by atoms with Gasteiger partial charge in [0.15, 0.2) is 6.29 Å². The van der Waals surface area contributed by atoms with Crippen molar-refractivity contribution >= 4 is 6.29 Å². The molecule has 2 aliphatic heterocycles. The minimum absolute atomic E-state index is 0.0312. The quantitative estimate of drug-likeness (QED) is 0.787. The summed E-state index contributed by atoms with van der Waals surface area (Å²) in [5, 5.41) is 19.3. The van der Waals surface area contributed by atoms with Crippen LogP contribution in [0.25, 0.3) is 0 Å². The second kappa shape index (κ2) is 4.15. The number of benzene rings is 2. The molecule has 5 nitrogen and oxygen atoms in total. The van der Waals surface area contributed by atoms with E-state index < -0.39 is 0 Å². The van der Waals surface area contributed by atoms with Crippen LogP contribution < -0.4 is 9.47 Å². The van der Waals surface area contributed by atoms with Gasteiger partial charge in [-0.3, -0.25) is 4.79 Å². The van der Waals surface area contributed by atoms with E-state index in [1.807, 2.05) is 0 Å². The molecular weight excluding hydrogens is 272 g/mol. The van der Waals surface area contributed by atoms with E-state index >= 15 is 0 Å². The van der Waals surface area contributed by atoms with E-state index in [0.29, 0.717) is 24.4 Å². The molecule has 5 heteroatoms. The van der Waals surface area contributed by atoms with Crippen molar-refractivity contribution in [3.63, 3.8) is 0 Å². The number of aromatic hydroxyl groups is 2. The number of rotatable bonds is 1. The van der Waals surface area contributed by atoms with Crippen LogP contribution >= 0.6 is 0 Å². The third-order valence-electron chi connectivity index (χ3n) is 4.05. The van der Waals surface area contributed by atoms with E-state index in [0.717, 1.165) is 11.1 Å². The molecule has 2 aromatic carbocycles. The molecule has 2 aliphatic rings. The van der Waals surface area contributed by atoms with Gasteiger partial charge in [-0.1, -0.05) is 6.07 Å². The molecule has 0 amide bonds. The minimum atomic E-state index is -0.273. The number of hydrogen-bond acceptors (Lipinski definition) is 5. The van der Waals surface area contributed by atoms with Crippen molar-refractivity contribution in [2.45, 2.75) is 12.0 Å².